The molecule has 2 heterocycles. The third-order valence-corrected chi connectivity index (χ3v) is 8.35. The van der Waals surface area contributed by atoms with Crippen molar-refractivity contribution >= 4 is 11.4 Å². The Morgan fingerprint density at radius 1 is 0.897 bits per heavy atom. The lowest BCUT2D eigenvalue weighted by atomic mass is 9.65. The van der Waals surface area contributed by atoms with Gasteiger partial charge in [-0.05, 0) is 55.6 Å². The molecule has 5 rings (SSSR count). The van der Waals surface area contributed by atoms with E-state index < -0.39 is 0 Å². The lowest BCUT2D eigenvalue weighted by molar-refractivity contribution is 0.0646. The van der Waals surface area contributed by atoms with Gasteiger partial charge in [-0.1, -0.05) is 50.2 Å². The number of hydrogen-bond acceptors (Lipinski definition) is 3. The van der Waals surface area contributed by atoms with Crippen molar-refractivity contribution in [3.63, 3.8) is 0 Å². The summed E-state index contributed by atoms with van der Waals surface area (Å²) in [6, 6.07) is 9.47. The number of rotatable bonds is 4. The number of piperidine rings is 1. The number of benzene rings is 1. The summed E-state index contributed by atoms with van der Waals surface area (Å²) in [5.41, 5.74) is 2.71. The van der Waals surface area contributed by atoms with Crippen molar-refractivity contribution < 1.29 is 0 Å². The first-order valence-electron chi connectivity index (χ1n) is 12.1. The van der Waals surface area contributed by atoms with Crippen LogP contribution in [0.25, 0.3) is 0 Å². The Hall–Kier alpha value is -1.66. The topological polar surface area (TPSA) is 9.72 Å². The first kappa shape index (κ1) is 19.3. The van der Waals surface area contributed by atoms with Crippen LogP contribution >= 0.6 is 0 Å². The highest BCUT2D eigenvalue weighted by atomic mass is 15.4. The number of fused-ring (bicyclic) bond motifs is 2. The van der Waals surface area contributed by atoms with E-state index >= 15 is 0 Å². The van der Waals surface area contributed by atoms with Crippen molar-refractivity contribution in [3.05, 3.63) is 24.3 Å². The normalized spacial score (nSPS) is 30.7. The summed E-state index contributed by atoms with van der Waals surface area (Å²) in [4.78, 5) is 7.79. The number of likely N-dealkylation sites (tertiary alicyclic amines) is 1. The van der Waals surface area contributed by atoms with Crippen LogP contribution in [0.4, 0.5) is 11.4 Å². The summed E-state index contributed by atoms with van der Waals surface area (Å²) in [5, 5.41) is 0. The van der Waals surface area contributed by atoms with E-state index in [1.807, 2.05) is 0 Å². The maximum atomic E-state index is 5.63. The van der Waals surface area contributed by atoms with E-state index in [1.165, 1.54) is 88.8 Å². The Bertz CT molecular complexity index is 728. The van der Waals surface area contributed by atoms with Crippen molar-refractivity contribution in [2.24, 2.45) is 17.8 Å². The molecule has 0 aromatic heterocycles. The van der Waals surface area contributed by atoms with Crippen molar-refractivity contribution in [2.75, 3.05) is 42.6 Å². The standard InChI is InChI=1S/C26H37N3/c1-2-16-28-20-29(26-13-6-5-12-25(26)28)23-14-17-27(18-15-23)19-22-10-7-9-21-8-3-4-11-24(21)22/h1,5-6,12-13,21-24H,3-4,7-11,14-20H2. The second kappa shape index (κ2) is 8.60. The Morgan fingerprint density at radius 3 is 2.48 bits per heavy atom. The monoisotopic (exact) mass is 391 g/mol. The molecule has 2 aliphatic carbocycles. The van der Waals surface area contributed by atoms with Crippen LogP contribution in [0.5, 0.6) is 0 Å². The van der Waals surface area contributed by atoms with E-state index in [9.17, 15) is 0 Å². The molecule has 1 saturated heterocycles. The molecule has 0 radical (unpaired) electrons. The van der Waals surface area contributed by atoms with Gasteiger partial charge >= 0.3 is 0 Å². The molecule has 0 N–H and O–H groups in total. The molecule has 1 aromatic rings. The molecule has 2 aliphatic heterocycles. The number of hydrogen-bond donors (Lipinski definition) is 0. The summed E-state index contributed by atoms with van der Waals surface area (Å²) in [6.45, 7) is 5.57. The van der Waals surface area contributed by atoms with Crippen LogP contribution in [-0.4, -0.2) is 43.8 Å². The van der Waals surface area contributed by atoms with Gasteiger partial charge in [0.25, 0.3) is 0 Å². The molecule has 3 atom stereocenters. The highest BCUT2D eigenvalue weighted by Crippen LogP contribution is 2.44. The first-order valence-corrected chi connectivity index (χ1v) is 12.1. The van der Waals surface area contributed by atoms with Gasteiger partial charge in [-0.15, -0.1) is 6.42 Å². The van der Waals surface area contributed by atoms with Crippen LogP contribution in [0, 0.1) is 30.1 Å². The fraction of sp³-hybridized carbons (Fsp3) is 0.692. The second-order valence-electron chi connectivity index (χ2n) is 9.93. The van der Waals surface area contributed by atoms with Crippen LogP contribution in [0.3, 0.4) is 0 Å². The summed E-state index contributed by atoms with van der Waals surface area (Å²) < 4.78 is 0. The Balaban J connectivity index is 1.19. The van der Waals surface area contributed by atoms with Gasteiger partial charge in [0.1, 0.15) is 0 Å². The fourth-order valence-corrected chi connectivity index (χ4v) is 6.91. The molecule has 4 aliphatic rings. The molecule has 0 amide bonds. The van der Waals surface area contributed by atoms with Crippen molar-refractivity contribution in [1.82, 2.24) is 4.90 Å². The van der Waals surface area contributed by atoms with Crippen molar-refractivity contribution in [2.45, 2.75) is 63.8 Å². The lowest BCUT2D eigenvalue weighted by Crippen LogP contribution is -2.48. The van der Waals surface area contributed by atoms with Gasteiger partial charge < -0.3 is 14.7 Å². The molecule has 2 saturated carbocycles. The molecule has 3 unspecified atom stereocenters. The van der Waals surface area contributed by atoms with E-state index in [4.69, 9.17) is 6.42 Å². The highest BCUT2D eigenvalue weighted by molar-refractivity contribution is 5.76. The van der Waals surface area contributed by atoms with Crippen LogP contribution in [-0.2, 0) is 0 Å². The Morgan fingerprint density at radius 2 is 1.66 bits per heavy atom. The second-order valence-corrected chi connectivity index (χ2v) is 9.93. The molecular formula is C26H37N3. The van der Waals surface area contributed by atoms with Gasteiger partial charge in [0.15, 0.2) is 0 Å². The number of terminal acetylenes is 1. The minimum Gasteiger partial charge on any atom is -0.349 e. The maximum absolute atomic E-state index is 5.63. The Labute approximate surface area is 177 Å². The average molecular weight is 392 g/mol. The lowest BCUT2D eigenvalue weighted by Gasteiger charge is -2.45. The Kier molecular flexibility index (Phi) is 5.73. The van der Waals surface area contributed by atoms with Gasteiger partial charge in [-0.3, -0.25) is 0 Å². The van der Waals surface area contributed by atoms with Crippen LogP contribution in [0.1, 0.15) is 57.8 Å². The smallest absolute Gasteiger partial charge is 0.0916 e. The van der Waals surface area contributed by atoms with E-state index in [-0.39, 0.29) is 0 Å². The quantitative estimate of drug-likeness (QED) is 0.671. The highest BCUT2D eigenvalue weighted by Gasteiger charge is 2.37. The van der Waals surface area contributed by atoms with Gasteiger partial charge in [0.05, 0.1) is 24.6 Å². The minimum absolute atomic E-state index is 0.656. The molecular weight excluding hydrogens is 354 g/mol. The first-order chi connectivity index (χ1) is 14.3. The van der Waals surface area contributed by atoms with Crippen LogP contribution in [0.2, 0.25) is 0 Å². The molecule has 3 nitrogen and oxygen atoms in total. The van der Waals surface area contributed by atoms with Gasteiger partial charge in [0, 0.05) is 25.7 Å². The molecule has 1 aromatic carbocycles. The van der Waals surface area contributed by atoms with Crippen LogP contribution < -0.4 is 9.80 Å². The van der Waals surface area contributed by atoms with Gasteiger partial charge in [0.2, 0.25) is 0 Å². The molecule has 3 heteroatoms. The predicted octanol–water partition coefficient (Wildman–Crippen LogP) is 4.97. The fourth-order valence-electron chi connectivity index (χ4n) is 6.91. The predicted molar refractivity (Wildman–Crippen MR) is 122 cm³/mol. The van der Waals surface area contributed by atoms with E-state index in [0.717, 1.165) is 24.4 Å². The van der Waals surface area contributed by atoms with E-state index in [1.54, 1.807) is 0 Å². The number of anilines is 2. The van der Waals surface area contributed by atoms with Gasteiger partial charge in [-0.2, -0.15) is 0 Å². The zero-order chi connectivity index (χ0) is 19.6. The van der Waals surface area contributed by atoms with E-state index in [0.29, 0.717) is 12.6 Å². The summed E-state index contributed by atoms with van der Waals surface area (Å²) in [6.07, 6.45) is 18.7. The van der Waals surface area contributed by atoms with E-state index in [2.05, 4.69) is 44.9 Å². The number of para-hydroxylation sites is 2. The van der Waals surface area contributed by atoms with Crippen LogP contribution in [0.15, 0.2) is 24.3 Å². The summed E-state index contributed by atoms with van der Waals surface area (Å²) in [7, 11) is 0. The SMILES string of the molecule is C#CCN1CN(C2CCN(CC3CCCC4CCCCC43)CC2)c2ccccc21. The maximum Gasteiger partial charge on any atom is 0.0916 e. The minimum atomic E-state index is 0.656. The largest absolute Gasteiger partial charge is 0.349 e. The third kappa shape index (κ3) is 3.89. The number of nitrogens with zero attached hydrogens (tertiary/aromatic N) is 3. The molecule has 156 valence electrons. The zero-order valence-electron chi connectivity index (χ0n) is 17.9. The summed E-state index contributed by atoms with van der Waals surface area (Å²) >= 11 is 0. The van der Waals surface area contributed by atoms with Crippen molar-refractivity contribution in [1.29, 1.82) is 0 Å². The zero-order valence-corrected chi connectivity index (χ0v) is 17.9. The summed E-state index contributed by atoms with van der Waals surface area (Å²) in [5.74, 6) is 5.91. The van der Waals surface area contributed by atoms with Crippen molar-refractivity contribution in [3.8, 4) is 12.3 Å². The van der Waals surface area contributed by atoms with Gasteiger partial charge in [-0.25, -0.2) is 0 Å². The molecule has 0 bridgehead atoms. The molecule has 29 heavy (non-hydrogen) atoms. The molecule has 0 spiro atoms. The third-order valence-electron chi connectivity index (χ3n) is 8.35. The molecule has 3 fully saturated rings. The average Bonchev–Trinajstić information content (AvgIpc) is 3.14.